The first-order valence-corrected chi connectivity index (χ1v) is 7.08. The number of carbonyl (C=O) groups is 1. The third-order valence-electron chi connectivity index (χ3n) is 3.93. The van der Waals surface area contributed by atoms with Crippen molar-refractivity contribution in [2.75, 3.05) is 6.54 Å². The third kappa shape index (κ3) is 4.66. The monoisotopic (exact) mass is 238 g/mol. The van der Waals surface area contributed by atoms with Crippen LogP contribution in [0.5, 0.6) is 0 Å². The van der Waals surface area contributed by atoms with Gasteiger partial charge in [-0.2, -0.15) is 0 Å². The van der Waals surface area contributed by atoms with Crippen molar-refractivity contribution in [3.63, 3.8) is 0 Å². The average molecular weight is 238 g/mol. The molecule has 0 aromatic carbocycles. The molecule has 1 unspecified atom stereocenters. The highest BCUT2D eigenvalue weighted by Crippen LogP contribution is 2.34. The van der Waals surface area contributed by atoms with Crippen LogP contribution in [-0.2, 0) is 4.79 Å². The molecule has 3 heteroatoms. The molecule has 98 valence electrons. The number of amides is 1. The van der Waals surface area contributed by atoms with Crippen LogP contribution in [0, 0.1) is 5.41 Å². The van der Waals surface area contributed by atoms with E-state index in [1.807, 2.05) is 0 Å². The van der Waals surface area contributed by atoms with E-state index >= 15 is 0 Å². The van der Waals surface area contributed by atoms with Crippen LogP contribution in [0.1, 0.15) is 58.8 Å². The summed E-state index contributed by atoms with van der Waals surface area (Å²) in [5.41, 5.74) is 0.478. The fraction of sp³-hybridized carbons (Fsp3) is 0.929. The van der Waals surface area contributed by atoms with Crippen LogP contribution in [0.15, 0.2) is 0 Å². The molecule has 2 aliphatic rings. The van der Waals surface area contributed by atoms with Crippen molar-refractivity contribution in [3.05, 3.63) is 0 Å². The second-order valence-corrected chi connectivity index (χ2v) is 6.50. The Balaban J connectivity index is 1.59. The molecule has 0 radical (unpaired) electrons. The standard InChI is InChI=1S/C14H26N2O/c1-14(2)8-3-4-12(10-14)15-9-7-13(17)16-11-5-6-11/h11-12,15H,3-10H2,1-2H3,(H,16,17). The molecule has 0 aliphatic heterocycles. The molecule has 2 aliphatic carbocycles. The molecule has 2 fully saturated rings. The molecule has 3 nitrogen and oxygen atoms in total. The van der Waals surface area contributed by atoms with Crippen molar-refractivity contribution in [2.45, 2.75) is 70.9 Å². The molecule has 17 heavy (non-hydrogen) atoms. The van der Waals surface area contributed by atoms with Gasteiger partial charge in [-0.25, -0.2) is 0 Å². The van der Waals surface area contributed by atoms with E-state index in [1.165, 1.54) is 38.5 Å². The molecule has 1 atom stereocenters. The lowest BCUT2D eigenvalue weighted by Gasteiger charge is -2.35. The van der Waals surface area contributed by atoms with E-state index in [1.54, 1.807) is 0 Å². The van der Waals surface area contributed by atoms with E-state index in [9.17, 15) is 4.79 Å². The van der Waals surface area contributed by atoms with Gasteiger partial charge >= 0.3 is 0 Å². The molecular weight excluding hydrogens is 212 g/mol. The zero-order chi connectivity index (χ0) is 12.3. The summed E-state index contributed by atoms with van der Waals surface area (Å²) in [6.07, 6.45) is 8.16. The maximum Gasteiger partial charge on any atom is 0.221 e. The summed E-state index contributed by atoms with van der Waals surface area (Å²) in [5, 5.41) is 6.57. The molecule has 0 aromatic rings. The van der Waals surface area contributed by atoms with E-state index in [0.29, 0.717) is 23.9 Å². The number of nitrogens with one attached hydrogen (secondary N) is 2. The summed E-state index contributed by atoms with van der Waals surface area (Å²) < 4.78 is 0. The zero-order valence-corrected chi connectivity index (χ0v) is 11.2. The summed E-state index contributed by atoms with van der Waals surface area (Å²) in [5.74, 6) is 0.218. The Kier molecular flexibility index (Phi) is 4.08. The number of rotatable bonds is 5. The fourth-order valence-corrected chi connectivity index (χ4v) is 2.79. The predicted octanol–water partition coefficient (Wildman–Crippen LogP) is 2.21. The quantitative estimate of drug-likeness (QED) is 0.771. The minimum atomic E-state index is 0.218. The predicted molar refractivity (Wildman–Crippen MR) is 69.8 cm³/mol. The molecule has 1 amide bonds. The lowest BCUT2D eigenvalue weighted by atomic mass is 9.75. The van der Waals surface area contributed by atoms with Gasteiger partial charge in [0.15, 0.2) is 0 Å². The minimum Gasteiger partial charge on any atom is -0.353 e. The Labute approximate surface area is 105 Å². The van der Waals surface area contributed by atoms with Gasteiger partial charge in [-0.3, -0.25) is 4.79 Å². The summed E-state index contributed by atoms with van der Waals surface area (Å²) in [6, 6.07) is 1.11. The maximum absolute atomic E-state index is 11.5. The maximum atomic E-state index is 11.5. The van der Waals surface area contributed by atoms with E-state index in [0.717, 1.165) is 6.54 Å². The highest BCUT2D eigenvalue weighted by molar-refractivity contribution is 5.76. The van der Waals surface area contributed by atoms with Crippen LogP contribution in [0.25, 0.3) is 0 Å². The fourth-order valence-electron chi connectivity index (χ4n) is 2.79. The first-order chi connectivity index (χ1) is 8.05. The Morgan fingerprint density at radius 1 is 1.24 bits per heavy atom. The second kappa shape index (κ2) is 5.38. The molecule has 2 saturated carbocycles. The van der Waals surface area contributed by atoms with E-state index in [4.69, 9.17) is 0 Å². The zero-order valence-electron chi connectivity index (χ0n) is 11.2. The lowest BCUT2D eigenvalue weighted by molar-refractivity contribution is -0.121. The molecule has 2 rings (SSSR count). The Bertz CT molecular complexity index is 271. The molecule has 2 N–H and O–H groups in total. The van der Waals surface area contributed by atoms with Crippen molar-refractivity contribution in [1.82, 2.24) is 10.6 Å². The first-order valence-electron chi connectivity index (χ1n) is 7.08. The van der Waals surface area contributed by atoms with Gasteiger partial charge in [0, 0.05) is 25.0 Å². The van der Waals surface area contributed by atoms with Gasteiger partial charge in [-0.05, 0) is 37.5 Å². The Morgan fingerprint density at radius 2 is 2.00 bits per heavy atom. The highest BCUT2D eigenvalue weighted by Gasteiger charge is 2.27. The van der Waals surface area contributed by atoms with Crippen molar-refractivity contribution in [1.29, 1.82) is 0 Å². The number of carbonyl (C=O) groups excluding carboxylic acids is 1. The van der Waals surface area contributed by atoms with Gasteiger partial charge in [-0.1, -0.05) is 20.3 Å². The third-order valence-corrected chi connectivity index (χ3v) is 3.93. The topological polar surface area (TPSA) is 41.1 Å². The molecule has 0 bridgehead atoms. The van der Waals surface area contributed by atoms with Crippen LogP contribution < -0.4 is 10.6 Å². The molecule has 0 aromatic heterocycles. The van der Waals surface area contributed by atoms with Gasteiger partial charge in [-0.15, -0.1) is 0 Å². The van der Waals surface area contributed by atoms with Crippen molar-refractivity contribution >= 4 is 5.91 Å². The summed E-state index contributed by atoms with van der Waals surface area (Å²) in [6.45, 7) is 5.53. The normalized spacial score (nSPS) is 27.8. The molecule has 0 spiro atoms. The Hall–Kier alpha value is -0.570. The first kappa shape index (κ1) is 12.9. The summed E-state index contributed by atoms with van der Waals surface area (Å²) in [7, 11) is 0. The van der Waals surface area contributed by atoms with Crippen LogP contribution in [0.3, 0.4) is 0 Å². The van der Waals surface area contributed by atoms with Gasteiger partial charge in [0.2, 0.25) is 5.91 Å². The van der Waals surface area contributed by atoms with Crippen LogP contribution in [0.2, 0.25) is 0 Å². The number of hydrogen-bond donors (Lipinski definition) is 2. The molecule has 0 saturated heterocycles. The van der Waals surface area contributed by atoms with Gasteiger partial charge in [0.25, 0.3) is 0 Å². The Morgan fingerprint density at radius 3 is 2.65 bits per heavy atom. The van der Waals surface area contributed by atoms with Crippen LogP contribution >= 0.6 is 0 Å². The second-order valence-electron chi connectivity index (χ2n) is 6.50. The lowest BCUT2D eigenvalue weighted by Crippen LogP contribution is -2.39. The van der Waals surface area contributed by atoms with E-state index < -0.39 is 0 Å². The van der Waals surface area contributed by atoms with Crippen molar-refractivity contribution < 1.29 is 4.79 Å². The summed E-state index contributed by atoms with van der Waals surface area (Å²) >= 11 is 0. The van der Waals surface area contributed by atoms with Gasteiger partial charge < -0.3 is 10.6 Å². The molecule has 0 heterocycles. The molecular formula is C14H26N2O. The van der Waals surface area contributed by atoms with Gasteiger partial charge in [0.1, 0.15) is 0 Å². The van der Waals surface area contributed by atoms with E-state index in [2.05, 4.69) is 24.5 Å². The largest absolute Gasteiger partial charge is 0.353 e. The minimum absolute atomic E-state index is 0.218. The van der Waals surface area contributed by atoms with Crippen LogP contribution in [0.4, 0.5) is 0 Å². The average Bonchev–Trinajstić information content (AvgIpc) is 3.00. The SMILES string of the molecule is CC1(C)CCCC(NCCC(=O)NC2CC2)C1. The summed E-state index contributed by atoms with van der Waals surface area (Å²) in [4.78, 5) is 11.5. The van der Waals surface area contributed by atoms with Gasteiger partial charge in [0.05, 0.1) is 0 Å². The number of hydrogen-bond acceptors (Lipinski definition) is 2. The van der Waals surface area contributed by atoms with Crippen LogP contribution in [-0.4, -0.2) is 24.5 Å². The van der Waals surface area contributed by atoms with E-state index in [-0.39, 0.29) is 5.91 Å². The van der Waals surface area contributed by atoms with Crippen molar-refractivity contribution in [2.24, 2.45) is 5.41 Å². The van der Waals surface area contributed by atoms with Crippen molar-refractivity contribution in [3.8, 4) is 0 Å². The smallest absolute Gasteiger partial charge is 0.221 e. The highest BCUT2D eigenvalue weighted by atomic mass is 16.1.